The SMILES string of the molecule is C1CCC2C3CC2C3CC1. The summed E-state index contributed by atoms with van der Waals surface area (Å²) in [6, 6.07) is 0. The number of hydrogen-bond donors (Lipinski definition) is 0. The van der Waals surface area contributed by atoms with Crippen molar-refractivity contribution in [3.8, 4) is 0 Å². The lowest BCUT2D eigenvalue weighted by Gasteiger charge is -2.66. The molecule has 0 spiro atoms. The second kappa shape index (κ2) is 1.78. The summed E-state index contributed by atoms with van der Waals surface area (Å²) in [4.78, 5) is 0. The maximum absolute atomic E-state index is 1.62. The van der Waals surface area contributed by atoms with Gasteiger partial charge in [0.2, 0.25) is 0 Å². The molecule has 5 saturated carbocycles. The molecule has 0 atom stereocenters. The largest absolute Gasteiger partial charge is 0.0533 e. The highest BCUT2D eigenvalue weighted by atomic mass is 14.6. The van der Waals surface area contributed by atoms with E-state index in [1.807, 2.05) is 0 Å². The molecule has 5 aliphatic rings. The van der Waals surface area contributed by atoms with E-state index in [4.69, 9.17) is 0 Å². The fourth-order valence-electron chi connectivity index (χ4n) is 3.54. The average molecular weight is 136 g/mol. The number of fused-ring (bicyclic) bond motifs is 4. The third kappa shape index (κ3) is 0.500. The van der Waals surface area contributed by atoms with Crippen LogP contribution >= 0.6 is 0 Å². The van der Waals surface area contributed by atoms with Gasteiger partial charge in [-0.25, -0.2) is 0 Å². The average Bonchev–Trinajstić information content (AvgIpc) is 1.74. The molecule has 5 aliphatic carbocycles. The fourth-order valence-corrected chi connectivity index (χ4v) is 3.54. The Morgan fingerprint density at radius 2 is 1.20 bits per heavy atom. The van der Waals surface area contributed by atoms with Crippen molar-refractivity contribution in [1.82, 2.24) is 0 Å². The zero-order valence-electron chi connectivity index (χ0n) is 6.55. The predicted octanol–water partition coefficient (Wildman–Crippen LogP) is 2.83. The van der Waals surface area contributed by atoms with E-state index in [0.29, 0.717) is 0 Å². The van der Waals surface area contributed by atoms with Gasteiger partial charge in [0, 0.05) is 0 Å². The first-order valence-electron chi connectivity index (χ1n) is 4.97. The molecule has 0 heterocycles. The van der Waals surface area contributed by atoms with E-state index < -0.39 is 0 Å². The summed E-state index contributed by atoms with van der Waals surface area (Å²) in [7, 11) is 0. The molecule has 5 rings (SSSR count). The zero-order chi connectivity index (χ0) is 6.55. The first-order valence-corrected chi connectivity index (χ1v) is 4.97. The van der Waals surface area contributed by atoms with E-state index in [1.54, 1.807) is 32.1 Å². The van der Waals surface area contributed by atoms with Gasteiger partial charge in [-0.2, -0.15) is 0 Å². The predicted molar refractivity (Wildman–Crippen MR) is 41.7 cm³/mol. The van der Waals surface area contributed by atoms with Crippen molar-refractivity contribution in [2.24, 2.45) is 23.7 Å². The van der Waals surface area contributed by atoms with Gasteiger partial charge in [-0.05, 0) is 42.9 Å². The fraction of sp³-hybridized carbons (Fsp3) is 1.00. The first kappa shape index (κ1) is 5.62. The van der Waals surface area contributed by atoms with Gasteiger partial charge in [0.05, 0.1) is 0 Å². The minimum Gasteiger partial charge on any atom is -0.0533 e. The monoisotopic (exact) mass is 136 g/mol. The van der Waals surface area contributed by atoms with E-state index in [1.165, 1.54) is 30.1 Å². The third-order valence-electron chi connectivity index (χ3n) is 4.32. The normalized spacial score (nSPS) is 57.6. The van der Waals surface area contributed by atoms with Crippen molar-refractivity contribution < 1.29 is 0 Å². The van der Waals surface area contributed by atoms with Gasteiger partial charge in [-0.1, -0.05) is 19.3 Å². The Kier molecular flexibility index (Phi) is 1.00. The van der Waals surface area contributed by atoms with Crippen molar-refractivity contribution in [1.29, 1.82) is 0 Å². The quantitative estimate of drug-likeness (QED) is 0.480. The summed E-state index contributed by atoms with van der Waals surface area (Å²) in [6.45, 7) is 0. The van der Waals surface area contributed by atoms with E-state index in [-0.39, 0.29) is 0 Å². The Morgan fingerprint density at radius 3 is 1.70 bits per heavy atom. The van der Waals surface area contributed by atoms with Crippen molar-refractivity contribution >= 4 is 0 Å². The highest BCUT2D eigenvalue weighted by Gasteiger charge is 2.59. The van der Waals surface area contributed by atoms with E-state index in [2.05, 4.69) is 0 Å². The minimum atomic E-state index is 1.23. The maximum atomic E-state index is 1.62. The molecule has 0 heteroatoms. The van der Waals surface area contributed by atoms with E-state index in [9.17, 15) is 0 Å². The molecule has 0 aromatic rings. The molecular formula is C10H16. The Hall–Kier alpha value is 0. The van der Waals surface area contributed by atoms with Gasteiger partial charge < -0.3 is 0 Å². The van der Waals surface area contributed by atoms with Crippen LogP contribution < -0.4 is 0 Å². The van der Waals surface area contributed by atoms with Crippen LogP contribution in [0.1, 0.15) is 38.5 Å². The second-order valence-corrected chi connectivity index (χ2v) is 4.53. The Morgan fingerprint density at radius 1 is 0.600 bits per heavy atom. The van der Waals surface area contributed by atoms with Crippen LogP contribution in [0.25, 0.3) is 0 Å². The molecule has 0 unspecified atom stereocenters. The number of rotatable bonds is 0. The van der Waals surface area contributed by atoms with E-state index >= 15 is 0 Å². The molecule has 0 nitrogen and oxygen atoms in total. The van der Waals surface area contributed by atoms with Gasteiger partial charge in [-0.3, -0.25) is 0 Å². The lowest BCUT2D eigenvalue weighted by molar-refractivity contribution is -0.175. The van der Waals surface area contributed by atoms with Gasteiger partial charge in [0.1, 0.15) is 0 Å². The molecule has 0 N–H and O–H groups in total. The molecule has 0 radical (unpaired) electrons. The summed E-state index contributed by atoms with van der Waals surface area (Å²) in [6.07, 6.45) is 9.42. The van der Waals surface area contributed by atoms with Crippen LogP contribution in [0.5, 0.6) is 0 Å². The summed E-state index contributed by atoms with van der Waals surface area (Å²) in [5, 5.41) is 0. The lowest BCUT2D eigenvalue weighted by atomic mass is 9.39. The van der Waals surface area contributed by atoms with Gasteiger partial charge in [0.25, 0.3) is 0 Å². The Bertz CT molecular complexity index is 122. The molecule has 0 aromatic heterocycles. The van der Waals surface area contributed by atoms with Crippen LogP contribution in [0.2, 0.25) is 0 Å². The molecule has 0 aliphatic heterocycles. The van der Waals surface area contributed by atoms with Crippen molar-refractivity contribution in [2.45, 2.75) is 38.5 Å². The van der Waals surface area contributed by atoms with Gasteiger partial charge in [-0.15, -0.1) is 0 Å². The third-order valence-corrected chi connectivity index (χ3v) is 4.32. The maximum Gasteiger partial charge on any atom is -0.0349 e. The topological polar surface area (TPSA) is 0 Å². The van der Waals surface area contributed by atoms with E-state index in [0.717, 1.165) is 0 Å². The Labute approximate surface area is 63.0 Å². The molecule has 56 valence electrons. The summed E-state index contributed by atoms with van der Waals surface area (Å²) < 4.78 is 0. The van der Waals surface area contributed by atoms with Crippen LogP contribution in [0, 0.1) is 23.7 Å². The highest BCUT2D eigenvalue weighted by Crippen LogP contribution is 2.67. The molecule has 5 fully saturated rings. The minimum absolute atomic E-state index is 1.23. The Balaban J connectivity index is 1.73. The number of hydrogen-bond acceptors (Lipinski definition) is 0. The molecular weight excluding hydrogens is 120 g/mol. The zero-order valence-corrected chi connectivity index (χ0v) is 6.55. The molecule has 0 amide bonds. The summed E-state index contributed by atoms with van der Waals surface area (Å²) in [5.74, 6) is 4.91. The standard InChI is InChI=1S/C10H16/c1-2-4-7-9-6-10(7)8(9)5-3-1/h7-10H,1-6H2. The van der Waals surface area contributed by atoms with Crippen molar-refractivity contribution in [3.05, 3.63) is 0 Å². The first-order chi connectivity index (χ1) is 4.97. The van der Waals surface area contributed by atoms with Crippen molar-refractivity contribution in [3.63, 3.8) is 0 Å². The smallest absolute Gasteiger partial charge is 0.0349 e. The summed E-state index contributed by atoms with van der Waals surface area (Å²) >= 11 is 0. The van der Waals surface area contributed by atoms with Crippen LogP contribution in [0.3, 0.4) is 0 Å². The van der Waals surface area contributed by atoms with Crippen LogP contribution in [-0.2, 0) is 0 Å². The van der Waals surface area contributed by atoms with Gasteiger partial charge in [0.15, 0.2) is 0 Å². The molecule has 0 aromatic carbocycles. The van der Waals surface area contributed by atoms with Crippen LogP contribution in [0.4, 0.5) is 0 Å². The summed E-state index contributed by atoms with van der Waals surface area (Å²) in [5.41, 5.74) is 0. The van der Waals surface area contributed by atoms with Gasteiger partial charge >= 0.3 is 0 Å². The van der Waals surface area contributed by atoms with Crippen LogP contribution in [0.15, 0.2) is 0 Å². The molecule has 10 heavy (non-hydrogen) atoms. The highest BCUT2D eigenvalue weighted by molar-refractivity contribution is 5.08. The van der Waals surface area contributed by atoms with Crippen LogP contribution in [-0.4, -0.2) is 0 Å². The van der Waals surface area contributed by atoms with Crippen molar-refractivity contribution in [2.75, 3.05) is 0 Å². The molecule has 4 bridgehead atoms. The second-order valence-electron chi connectivity index (χ2n) is 4.53. The lowest BCUT2D eigenvalue weighted by Crippen LogP contribution is -2.59. The molecule has 0 saturated heterocycles.